The summed E-state index contributed by atoms with van der Waals surface area (Å²) in [4.78, 5) is 0. The molecule has 2 heterocycles. The fourth-order valence-electron chi connectivity index (χ4n) is 5.21. The summed E-state index contributed by atoms with van der Waals surface area (Å²) < 4.78 is 113. The molecule has 0 spiro atoms. The summed E-state index contributed by atoms with van der Waals surface area (Å²) in [5, 5.41) is 0. The molecule has 0 radical (unpaired) electrons. The summed E-state index contributed by atoms with van der Waals surface area (Å²) in [5.74, 6) is -13.6. The van der Waals surface area contributed by atoms with Crippen LogP contribution in [-0.2, 0) is 24.7 Å². The van der Waals surface area contributed by atoms with Gasteiger partial charge in [0.1, 0.15) is 0 Å². The number of hydrogen-bond donors (Lipinski definition) is 0. The van der Waals surface area contributed by atoms with Gasteiger partial charge in [0, 0.05) is 11.8 Å². The Morgan fingerprint density at radius 1 is 0.591 bits per heavy atom. The Kier molecular flexibility index (Phi) is 11.9. The van der Waals surface area contributed by atoms with Crippen molar-refractivity contribution in [1.29, 1.82) is 0 Å². The molecule has 0 fully saturated rings. The van der Waals surface area contributed by atoms with E-state index in [1.807, 2.05) is 0 Å². The van der Waals surface area contributed by atoms with Crippen LogP contribution in [0.4, 0.5) is 35.1 Å². The first kappa shape index (κ1) is 36.6. The van der Waals surface area contributed by atoms with Gasteiger partial charge in [0.15, 0.2) is 23.3 Å². The predicted molar refractivity (Wildman–Crippen MR) is 161 cm³/mol. The van der Waals surface area contributed by atoms with Gasteiger partial charge in [0.2, 0.25) is 0 Å². The van der Waals surface area contributed by atoms with E-state index < -0.39 is 58.1 Å². The monoisotopic (exact) mass is 806 g/mol. The van der Waals surface area contributed by atoms with Crippen molar-refractivity contribution in [3.05, 3.63) is 109 Å². The van der Waals surface area contributed by atoms with E-state index in [2.05, 4.69) is 52.0 Å². The van der Waals surface area contributed by atoms with E-state index in [1.54, 1.807) is 16.0 Å². The van der Waals surface area contributed by atoms with Gasteiger partial charge in [-0.05, 0) is 48.9 Å². The molecule has 2 aromatic heterocycles. The zero-order valence-corrected chi connectivity index (χ0v) is 29.9. The summed E-state index contributed by atoms with van der Waals surface area (Å²) in [7, 11) is 0. The SMILES string of the molecule is Cc1cc2c(c(F)c1F)C(F)(F)C(C)C2.Cc1cc2c(c(F)c1F)C(F)(F)C(C)C2.Cc1ccc(C)[se]1.Cc1ccc(C)[te]1. The average Bonchev–Trinajstić information content (AvgIpc) is 3.62. The van der Waals surface area contributed by atoms with Crippen LogP contribution in [0.5, 0.6) is 0 Å². The molecular formula is C34H36F8SeTe. The van der Waals surface area contributed by atoms with Crippen LogP contribution in [0.3, 0.4) is 0 Å². The average molecular weight is 803 g/mol. The Balaban J connectivity index is 0.000000170. The Morgan fingerprint density at radius 3 is 1.18 bits per heavy atom. The molecule has 0 N–H and O–H groups in total. The molecule has 0 bridgehead atoms. The molecule has 0 nitrogen and oxygen atoms in total. The fourth-order valence-corrected chi connectivity index (χ4v) is 9.07. The van der Waals surface area contributed by atoms with E-state index in [1.165, 1.54) is 39.8 Å². The number of alkyl halides is 4. The summed E-state index contributed by atoms with van der Waals surface area (Å²) in [5.41, 5.74) is -0.892. The summed E-state index contributed by atoms with van der Waals surface area (Å²) in [6, 6.07) is 11.5. The van der Waals surface area contributed by atoms with Gasteiger partial charge in [0.25, 0.3) is 11.8 Å². The van der Waals surface area contributed by atoms with E-state index in [0.717, 1.165) is 0 Å². The topological polar surface area (TPSA) is 0 Å². The van der Waals surface area contributed by atoms with Crippen LogP contribution >= 0.6 is 0 Å². The third-order valence-corrected chi connectivity index (χ3v) is 12.2. The van der Waals surface area contributed by atoms with E-state index in [0.29, 0.717) is 14.5 Å². The molecule has 0 aliphatic heterocycles. The summed E-state index contributed by atoms with van der Waals surface area (Å²) in [6.07, 6.45) is 0.195. The second-order valence-electron chi connectivity index (χ2n) is 11.5. The van der Waals surface area contributed by atoms with Crippen molar-refractivity contribution in [3.8, 4) is 0 Å². The first-order valence-corrected chi connectivity index (χ1v) is 18.1. The van der Waals surface area contributed by atoms with Gasteiger partial charge in [-0.25, -0.2) is 35.1 Å². The van der Waals surface area contributed by atoms with Crippen LogP contribution in [-0.4, -0.2) is 34.9 Å². The molecule has 6 rings (SSSR count). The number of rotatable bonds is 0. The van der Waals surface area contributed by atoms with Crippen LogP contribution in [0.25, 0.3) is 0 Å². The molecular weight excluding hydrogens is 767 g/mol. The van der Waals surface area contributed by atoms with Gasteiger partial charge in [0.05, 0.1) is 11.1 Å². The first-order valence-electron chi connectivity index (χ1n) is 14.1. The number of hydrogen-bond acceptors (Lipinski definition) is 0. The fraction of sp³-hybridized carbons (Fsp3) is 0.412. The standard InChI is InChI=1S/2C11H10F4.C6H8Se.C6H8Te/c2*1-5-3-7-4-6(2)11(14,15)8(7)10(13)9(5)12;2*1-5-3-4-6(2)7-5/h2*3,6H,4H2,1-2H3;2*3-4H,1-2H3. The zero-order valence-electron chi connectivity index (χ0n) is 25.9. The number of halogens is 8. The van der Waals surface area contributed by atoms with E-state index in [4.69, 9.17) is 0 Å². The van der Waals surface area contributed by atoms with Crippen molar-refractivity contribution in [1.82, 2.24) is 0 Å². The van der Waals surface area contributed by atoms with E-state index >= 15 is 0 Å². The van der Waals surface area contributed by atoms with Crippen LogP contribution in [0.15, 0.2) is 36.4 Å². The Labute approximate surface area is 269 Å². The van der Waals surface area contributed by atoms with Crippen molar-refractivity contribution in [3.63, 3.8) is 0 Å². The molecule has 2 aliphatic carbocycles. The normalized spacial score (nSPS) is 18.6. The molecule has 10 heteroatoms. The molecule has 0 amide bonds. The number of aryl methyl sites for hydroxylation is 6. The number of benzene rings is 2. The van der Waals surface area contributed by atoms with Crippen LogP contribution in [0, 0.1) is 76.6 Å². The van der Waals surface area contributed by atoms with Crippen molar-refractivity contribution in [2.24, 2.45) is 11.8 Å². The molecule has 0 saturated heterocycles. The van der Waals surface area contributed by atoms with Crippen LogP contribution in [0.2, 0.25) is 0 Å². The van der Waals surface area contributed by atoms with Gasteiger partial charge in [-0.15, -0.1) is 0 Å². The van der Waals surface area contributed by atoms with E-state index in [-0.39, 0.29) is 55.5 Å². The van der Waals surface area contributed by atoms with Gasteiger partial charge >= 0.3 is 103 Å². The molecule has 44 heavy (non-hydrogen) atoms. The van der Waals surface area contributed by atoms with Gasteiger partial charge in [-0.1, -0.05) is 26.0 Å². The summed E-state index contributed by atoms with van der Waals surface area (Å²) >= 11 is 0.892. The number of fused-ring (bicyclic) bond motifs is 2. The molecule has 2 aromatic carbocycles. The summed E-state index contributed by atoms with van der Waals surface area (Å²) in [6.45, 7) is 14.2. The van der Waals surface area contributed by atoms with Crippen molar-refractivity contribution >= 4 is 34.9 Å². The van der Waals surface area contributed by atoms with Gasteiger partial charge < -0.3 is 0 Å². The minimum atomic E-state index is -3.26. The third kappa shape index (κ3) is 7.92. The Morgan fingerprint density at radius 2 is 0.932 bits per heavy atom. The zero-order chi connectivity index (χ0) is 33.3. The quantitative estimate of drug-likeness (QED) is 0.123. The van der Waals surface area contributed by atoms with E-state index in [9.17, 15) is 35.1 Å². The van der Waals surface area contributed by atoms with Crippen LogP contribution in [0.1, 0.15) is 63.3 Å². The first-order chi connectivity index (χ1) is 20.3. The second-order valence-corrected chi connectivity index (χ2v) is 18.9. The van der Waals surface area contributed by atoms with Crippen molar-refractivity contribution in [2.45, 2.75) is 80.1 Å². The molecule has 2 aliphatic rings. The van der Waals surface area contributed by atoms with Gasteiger partial charge in [-0.2, -0.15) is 0 Å². The van der Waals surface area contributed by atoms with Crippen molar-refractivity contribution < 1.29 is 35.1 Å². The molecule has 240 valence electrons. The minimum absolute atomic E-state index is 0.0798. The third-order valence-electron chi connectivity index (χ3n) is 7.65. The van der Waals surface area contributed by atoms with Crippen molar-refractivity contribution in [2.75, 3.05) is 0 Å². The maximum absolute atomic E-state index is 13.5. The maximum atomic E-state index is 13.5. The molecule has 2 atom stereocenters. The molecule has 2 unspecified atom stereocenters. The molecule has 4 aromatic rings. The second kappa shape index (κ2) is 14.3. The molecule has 0 saturated carbocycles. The van der Waals surface area contributed by atoms with Gasteiger partial charge in [-0.3, -0.25) is 0 Å². The predicted octanol–water partition coefficient (Wildman–Crippen LogP) is 9.84. The Bertz CT molecular complexity index is 1470. The Hall–Kier alpha value is -1.85. The van der Waals surface area contributed by atoms with Crippen LogP contribution < -0.4 is 0 Å².